The van der Waals surface area contributed by atoms with Crippen LogP contribution in [0, 0.1) is 0 Å². The fraction of sp³-hybridized carbons (Fsp3) is 0.200. The van der Waals surface area contributed by atoms with Gasteiger partial charge in [-0.05, 0) is 23.3 Å². The van der Waals surface area contributed by atoms with Crippen LogP contribution in [0.5, 0.6) is 0 Å². The molecule has 1 atom stereocenters. The first kappa shape index (κ1) is 14.2. The highest BCUT2D eigenvalue weighted by Crippen LogP contribution is 2.24. The van der Waals surface area contributed by atoms with Gasteiger partial charge in [0, 0.05) is 16.5 Å². The largest absolute Gasteiger partial charge is 0.388 e. The van der Waals surface area contributed by atoms with E-state index in [9.17, 15) is 13.9 Å². The highest BCUT2D eigenvalue weighted by atomic mass is 79.9. The van der Waals surface area contributed by atoms with Crippen LogP contribution in [0.1, 0.15) is 29.2 Å². The summed E-state index contributed by atoms with van der Waals surface area (Å²) in [4.78, 5) is 0. The van der Waals surface area contributed by atoms with Crippen LogP contribution in [0.2, 0.25) is 0 Å². The number of aliphatic hydroxyl groups excluding tert-OH is 1. The average Bonchev–Trinajstić information content (AvgIpc) is 2.39. The number of rotatable bonds is 4. The van der Waals surface area contributed by atoms with Gasteiger partial charge in [-0.1, -0.05) is 52.3 Å². The Kier molecular flexibility index (Phi) is 4.66. The van der Waals surface area contributed by atoms with Crippen LogP contribution in [0.25, 0.3) is 0 Å². The SMILES string of the molecule is OC(Cc1cccc(Br)c1)c1ccc(C(F)F)cc1. The van der Waals surface area contributed by atoms with Crippen LogP contribution in [0.4, 0.5) is 8.78 Å². The van der Waals surface area contributed by atoms with Gasteiger partial charge in [-0.3, -0.25) is 0 Å². The Bertz CT molecular complexity index is 540. The molecule has 0 aliphatic carbocycles. The number of halogens is 3. The Morgan fingerprint density at radius 1 is 1.00 bits per heavy atom. The van der Waals surface area contributed by atoms with Gasteiger partial charge in [0.1, 0.15) is 0 Å². The molecule has 0 radical (unpaired) electrons. The lowest BCUT2D eigenvalue weighted by Crippen LogP contribution is -2.02. The van der Waals surface area contributed by atoms with Crippen LogP contribution < -0.4 is 0 Å². The molecule has 0 aliphatic heterocycles. The third-order valence-electron chi connectivity index (χ3n) is 2.89. The summed E-state index contributed by atoms with van der Waals surface area (Å²) in [5.41, 5.74) is 1.60. The van der Waals surface area contributed by atoms with Gasteiger partial charge in [0.05, 0.1) is 6.10 Å². The quantitative estimate of drug-likeness (QED) is 0.866. The van der Waals surface area contributed by atoms with Crippen molar-refractivity contribution < 1.29 is 13.9 Å². The first-order valence-corrected chi connectivity index (χ1v) is 6.66. The van der Waals surface area contributed by atoms with Gasteiger partial charge < -0.3 is 5.11 Å². The molecular formula is C15H13BrF2O. The molecule has 100 valence electrons. The van der Waals surface area contributed by atoms with E-state index < -0.39 is 12.5 Å². The normalized spacial score (nSPS) is 12.7. The van der Waals surface area contributed by atoms with Crippen LogP contribution in [0.3, 0.4) is 0 Å². The fourth-order valence-electron chi connectivity index (χ4n) is 1.87. The summed E-state index contributed by atoms with van der Waals surface area (Å²) in [5.74, 6) is 0. The molecular weight excluding hydrogens is 314 g/mol. The second kappa shape index (κ2) is 6.26. The summed E-state index contributed by atoms with van der Waals surface area (Å²) in [6.07, 6.45) is -2.72. The summed E-state index contributed by atoms with van der Waals surface area (Å²) in [6.45, 7) is 0. The highest BCUT2D eigenvalue weighted by Gasteiger charge is 2.11. The minimum Gasteiger partial charge on any atom is -0.388 e. The lowest BCUT2D eigenvalue weighted by atomic mass is 10.0. The molecule has 0 aliphatic rings. The number of hydrogen-bond donors (Lipinski definition) is 1. The standard InChI is InChI=1S/C15H13BrF2O/c16-13-3-1-2-10(8-13)9-14(19)11-4-6-12(7-5-11)15(17)18/h1-8,14-15,19H,9H2. The lowest BCUT2D eigenvalue weighted by molar-refractivity contribution is 0.151. The summed E-state index contributed by atoms with van der Waals surface area (Å²) in [7, 11) is 0. The molecule has 0 saturated heterocycles. The molecule has 0 fully saturated rings. The van der Waals surface area contributed by atoms with Gasteiger partial charge in [0.15, 0.2) is 0 Å². The van der Waals surface area contributed by atoms with Gasteiger partial charge >= 0.3 is 0 Å². The molecule has 0 amide bonds. The molecule has 1 nitrogen and oxygen atoms in total. The first-order chi connectivity index (χ1) is 9.06. The van der Waals surface area contributed by atoms with Crippen molar-refractivity contribution in [2.45, 2.75) is 19.0 Å². The van der Waals surface area contributed by atoms with Crippen LogP contribution in [-0.2, 0) is 6.42 Å². The Morgan fingerprint density at radius 3 is 2.21 bits per heavy atom. The zero-order valence-corrected chi connectivity index (χ0v) is 11.6. The van der Waals surface area contributed by atoms with Crippen molar-refractivity contribution in [3.63, 3.8) is 0 Å². The maximum atomic E-state index is 12.4. The van der Waals surface area contributed by atoms with Crippen LogP contribution >= 0.6 is 15.9 Å². The average molecular weight is 327 g/mol. The van der Waals surface area contributed by atoms with E-state index in [0.29, 0.717) is 12.0 Å². The van der Waals surface area contributed by atoms with Crippen molar-refractivity contribution >= 4 is 15.9 Å². The molecule has 19 heavy (non-hydrogen) atoms. The van der Waals surface area contributed by atoms with E-state index >= 15 is 0 Å². The second-order valence-electron chi connectivity index (χ2n) is 4.32. The summed E-state index contributed by atoms with van der Waals surface area (Å²) in [6, 6.07) is 13.4. The third kappa shape index (κ3) is 3.85. The minimum absolute atomic E-state index is 0.0293. The minimum atomic E-state index is -2.48. The van der Waals surface area contributed by atoms with E-state index in [1.54, 1.807) is 12.1 Å². The van der Waals surface area contributed by atoms with E-state index in [-0.39, 0.29) is 5.56 Å². The zero-order chi connectivity index (χ0) is 13.8. The van der Waals surface area contributed by atoms with Crippen molar-refractivity contribution in [1.82, 2.24) is 0 Å². The number of hydrogen-bond acceptors (Lipinski definition) is 1. The Balaban J connectivity index is 2.09. The lowest BCUT2D eigenvalue weighted by Gasteiger charge is -2.12. The number of alkyl halides is 2. The molecule has 0 bridgehead atoms. The summed E-state index contributed by atoms with van der Waals surface area (Å²) < 4.78 is 25.8. The number of benzene rings is 2. The van der Waals surface area contributed by atoms with E-state index in [1.165, 1.54) is 12.1 Å². The van der Waals surface area contributed by atoms with Crippen molar-refractivity contribution in [2.75, 3.05) is 0 Å². The smallest absolute Gasteiger partial charge is 0.263 e. The molecule has 2 aromatic rings. The summed E-state index contributed by atoms with van der Waals surface area (Å²) >= 11 is 3.37. The van der Waals surface area contributed by atoms with E-state index in [1.807, 2.05) is 24.3 Å². The van der Waals surface area contributed by atoms with Gasteiger partial charge in [0.25, 0.3) is 6.43 Å². The van der Waals surface area contributed by atoms with Gasteiger partial charge in [-0.2, -0.15) is 0 Å². The molecule has 2 rings (SSSR count). The highest BCUT2D eigenvalue weighted by molar-refractivity contribution is 9.10. The Morgan fingerprint density at radius 2 is 1.63 bits per heavy atom. The molecule has 0 saturated carbocycles. The molecule has 1 N–H and O–H groups in total. The molecule has 1 unspecified atom stereocenters. The van der Waals surface area contributed by atoms with Crippen LogP contribution in [-0.4, -0.2) is 5.11 Å². The van der Waals surface area contributed by atoms with E-state index in [2.05, 4.69) is 15.9 Å². The summed E-state index contributed by atoms with van der Waals surface area (Å²) in [5, 5.41) is 10.1. The zero-order valence-electron chi connectivity index (χ0n) is 10.1. The number of aliphatic hydroxyl groups is 1. The first-order valence-electron chi connectivity index (χ1n) is 5.87. The Hall–Kier alpha value is -1.26. The topological polar surface area (TPSA) is 20.2 Å². The maximum Gasteiger partial charge on any atom is 0.263 e. The monoisotopic (exact) mass is 326 g/mol. The van der Waals surface area contributed by atoms with Crippen molar-refractivity contribution in [3.05, 3.63) is 69.7 Å². The van der Waals surface area contributed by atoms with E-state index in [0.717, 1.165) is 10.0 Å². The van der Waals surface area contributed by atoms with Crippen molar-refractivity contribution in [2.24, 2.45) is 0 Å². The molecule has 0 heterocycles. The van der Waals surface area contributed by atoms with Gasteiger partial charge in [-0.25, -0.2) is 8.78 Å². The molecule has 0 spiro atoms. The fourth-order valence-corrected chi connectivity index (χ4v) is 2.32. The van der Waals surface area contributed by atoms with Crippen molar-refractivity contribution in [3.8, 4) is 0 Å². The Labute approximate surface area is 119 Å². The third-order valence-corrected chi connectivity index (χ3v) is 3.38. The second-order valence-corrected chi connectivity index (χ2v) is 5.23. The predicted molar refractivity (Wildman–Crippen MR) is 74.2 cm³/mol. The maximum absolute atomic E-state index is 12.4. The molecule has 2 aromatic carbocycles. The molecule has 4 heteroatoms. The van der Waals surface area contributed by atoms with Crippen LogP contribution in [0.15, 0.2) is 53.0 Å². The van der Waals surface area contributed by atoms with Gasteiger partial charge in [-0.15, -0.1) is 0 Å². The van der Waals surface area contributed by atoms with Gasteiger partial charge in [0.2, 0.25) is 0 Å². The predicted octanol–water partition coefficient (Wildman–Crippen LogP) is 4.66. The van der Waals surface area contributed by atoms with E-state index in [4.69, 9.17) is 0 Å². The van der Waals surface area contributed by atoms with Crippen molar-refractivity contribution in [1.29, 1.82) is 0 Å². The molecule has 0 aromatic heterocycles.